The van der Waals surface area contributed by atoms with Crippen molar-refractivity contribution in [3.63, 3.8) is 0 Å². The van der Waals surface area contributed by atoms with Crippen molar-refractivity contribution in [2.24, 2.45) is 5.10 Å². The molecule has 0 radical (unpaired) electrons. The molecular weight excluding hydrogens is 292 g/mol. The van der Waals surface area contributed by atoms with E-state index in [-0.39, 0.29) is 5.97 Å². The molecule has 120 valence electrons. The van der Waals surface area contributed by atoms with Gasteiger partial charge in [0.05, 0.1) is 18.9 Å². The summed E-state index contributed by atoms with van der Waals surface area (Å²) in [7, 11) is 5.09. The van der Waals surface area contributed by atoms with E-state index in [2.05, 4.69) is 9.84 Å². The Labute approximate surface area is 136 Å². The molecule has 2 rings (SSSR count). The lowest BCUT2D eigenvalue weighted by atomic mass is 10.1. The minimum Gasteiger partial charge on any atom is -0.488 e. The maximum atomic E-state index is 11.4. The third-order valence-electron chi connectivity index (χ3n) is 3.12. The smallest absolute Gasteiger partial charge is 0.337 e. The zero-order valence-electron chi connectivity index (χ0n) is 13.5. The second kappa shape index (κ2) is 7.98. The summed E-state index contributed by atoms with van der Waals surface area (Å²) in [4.78, 5) is 11.4. The predicted molar refractivity (Wildman–Crippen MR) is 89.8 cm³/mol. The van der Waals surface area contributed by atoms with Gasteiger partial charge in [0.25, 0.3) is 0 Å². The van der Waals surface area contributed by atoms with Crippen molar-refractivity contribution >= 4 is 12.2 Å². The minimum absolute atomic E-state index is 0.345. The molecule has 0 amide bonds. The van der Waals surface area contributed by atoms with Crippen LogP contribution >= 0.6 is 0 Å². The Kier molecular flexibility index (Phi) is 5.74. The quantitative estimate of drug-likeness (QED) is 0.467. The molecule has 0 aliphatic heterocycles. The summed E-state index contributed by atoms with van der Waals surface area (Å²) in [6.45, 7) is 0.411. The van der Waals surface area contributed by atoms with Crippen LogP contribution in [0.2, 0.25) is 0 Å². The number of methoxy groups -OCH3 is 1. The lowest BCUT2D eigenvalue weighted by molar-refractivity contribution is 0.0600. The van der Waals surface area contributed by atoms with Gasteiger partial charge in [-0.2, -0.15) is 5.10 Å². The largest absolute Gasteiger partial charge is 0.488 e. The first-order chi connectivity index (χ1) is 11.1. The van der Waals surface area contributed by atoms with Crippen LogP contribution in [0.4, 0.5) is 0 Å². The van der Waals surface area contributed by atoms with Crippen molar-refractivity contribution in [3.05, 3.63) is 65.2 Å². The van der Waals surface area contributed by atoms with E-state index in [0.717, 1.165) is 16.9 Å². The summed E-state index contributed by atoms with van der Waals surface area (Å²) < 4.78 is 10.5. The first-order valence-electron chi connectivity index (χ1n) is 7.20. The van der Waals surface area contributed by atoms with Crippen LogP contribution in [-0.4, -0.2) is 38.4 Å². The highest BCUT2D eigenvalue weighted by Crippen LogP contribution is 2.18. The fourth-order valence-electron chi connectivity index (χ4n) is 1.91. The number of ether oxygens (including phenoxy) is 2. The molecule has 0 saturated carbocycles. The topological polar surface area (TPSA) is 51.1 Å². The maximum absolute atomic E-state index is 11.4. The molecule has 0 saturated heterocycles. The standard InChI is InChI=1S/C18H20N2O3/c1-20(2)19-12-16-6-4-5-7-17(16)23-13-14-8-10-15(11-9-14)18(21)22-3/h4-12H,13H2,1-3H3. The number of hydrazone groups is 1. The minimum atomic E-state index is -0.345. The highest BCUT2D eigenvalue weighted by Gasteiger charge is 2.05. The van der Waals surface area contributed by atoms with Gasteiger partial charge in [0.1, 0.15) is 12.4 Å². The Morgan fingerprint density at radius 3 is 2.48 bits per heavy atom. The molecule has 0 aromatic heterocycles. The normalized spacial score (nSPS) is 10.6. The average molecular weight is 312 g/mol. The lowest BCUT2D eigenvalue weighted by Gasteiger charge is -2.10. The van der Waals surface area contributed by atoms with Gasteiger partial charge in [0.15, 0.2) is 0 Å². The SMILES string of the molecule is COC(=O)c1ccc(COc2ccccc2C=NN(C)C)cc1. The van der Waals surface area contributed by atoms with E-state index in [1.165, 1.54) is 7.11 Å². The molecule has 0 unspecified atom stereocenters. The van der Waals surface area contributed by atoms with E-state index in [0.29, 0.717) is 12.2 Å². The fourth-order valence-corrected chi connectivity index (χ4v) is 1.91. The van der Waals surface area contributed by atoms with Gasteiger partial charge < -0.3 is 14.5 Å². The number of rotatable bonds is 6. The molecule has 23 heavy (non-hydrogen) atoms. The number of esters is 1. The van der Waals surface area contributed by atoms with Gasteiger partial charge >= 0.3 is 5.97 Å². The van der Waals surface area contributed by atoms with Crippen LogP contribution in [0, 0.1) is 0 Å². The number of benzene rings is 2. The van der Waals surface area contributed by atoms with Gasteiger partial charge in [0, 0.05) is 19.7 Å². The third kappa shape index (κ3) is 4.85. The van der Waals surface area contributed by atoms with E-state index in [1.807, 2.05) is 50.5 Å². The number of carbonyl (C=O) groups excluding carboxylic acids is 1. The first-order valence-corrected chi connectivity index (χ1v) is 7.20. The number of hydrogen-bond acceptors (Lipinski definition) is 5. The highest BCUT2D eigenvalue weighted by atomic mass is 16.5. The van der Waals surface area contributed by atoms with Crippen LogP contribution in [0.15, 0.2) is 53.6 Å². The van der Waals surface area contributed by atoms with Gasteiger partial charge in [-0.3, -0.25) is 0 Å². The van der Waals surface area contributed by atoms with E-state index >= 15 is 0 Å². The summed E-state index contributed by atoms with van der Waals surface area (Å²) in [5.41, 5.74) is 2.40. The van der Waals surface area contributed by atoms with Gasteiger partial charge in [0.2, 0.25) is 0 Å². The summed E-state index contributed by atoms with van der Waals surface area (Å²) in [5, 5.41) is 5.95. The molecule has 0 bridgehead atoms. The van der Waals surface area contributed by atoms with Crippen molar-refractivity contribution < 1.29 is 14.3 Å². The Morgan fingerprint density at radius 1 is 1.13 bits per heavy atom. The molecule has 0 fully saturated rings. The molecule has 0 N–H and O–H groups in total. The molecular formula is C18H20N2O3. The van der Waals surface area contributed by atoms with Gasteiger partial charge in [-0.15, -0.1) is 0 Å². The van der Waals surface area contributed by atoms with Crippen molar-refractivity contribution in [2.75, 3.05) is 21.2 Å². The van der Waals surface area contributed by atoms with Crippen molar-refractivity contribution in [1.82, 2.24) is 5.01 Å². The fraction of sp³-hybridized carbons (Fsp3) is 0.222. The van der Waals surface area contributed by atoms with Crippen molar-refractivity contribution in [1.29, 1.82) is 0 Å². The summed E-state index contributed by atoms with van der Waals surface area (Å²) >= 11 is 0. The number of hydrogen-bond donors (Lipinski definition) is 0. The third-order valence-corrected chi connectivity index (χ3v) is 3.12. The Bertz CT molecular complexity index is 679. The van der Waals surface area contributed by atoms with Crippen LogP contribution in [0.25, 0.3) is 0 Å². The Balaban J connectivity index is 2.05. The second-order valence-electron chi connectivity index (χ2n) is 5.11. The van der Waals surface area contributed by atoms with E-state index in [9.17, 15) is 4.79 Å². The number of nitrogens with zero attached hydrogens (tertiary/aromatic N) is 2. The van der Waals surface area contributed by atoms with Gasteiger partial charge in [-0.1, -0.05) is 24.3 Å². The Morgan fingerprint density at radius 2 is 1.83 bits per heavy atom. The summed E-state index contributed by atoms with van der Waals surface area (Å²) in [6, 6.07) is 14.9. The predicted octanol–water partition coefficient (Wildman–Crippen LogP) is 2.95. The number of para-hydroxylation sites is 1. The zero-order chi connectivity index (χ0) is 16.7. The molecule has 5 heteroatoms. The molecule has 0 atom stereocenters. The monoisotopic (exact) mass is 312 g/mol. The van der Waals surface area contributed by atoms with E-state index in [4.69, 9.17) is 4.74 Å². The molecule has 0 aliphatic rings. The zero-order valence-corrected chi connectivity index (χ0v) is 13.5. The van der Waals surface area contributed by atoms with Crippen LogP contribution in [0.1, 0.15) is 21.5 Å². The highest BCUT2D eigenvalue weighted by molar-refractivity contribution is 5.89. The second-order valence-corrected chi connectivity index (χ2v) is 5.11. The van der Waals surface area contributed by atoms with E-state index in [1.54, 1.807) is 23.4 Å². The molecule has 0 aliphatic carbocycles. The summed E-state index contributed by atoms with van der Waals surface area (Å²) in [6.07, 6.45) is 1.76. The Hall–Kier alpha value is -2.82. The average Bonchev–Trinajstić information content (AvgIpc) is 2.58. The molecule has 0 heterocycles. The van der Waals surface area contributed by atoms with Crippen LogP contribution in [0.5, 0.6) is 5.75 Å². The van der Waals surface area contributed by atoms with Crippen LogP contribution in [0.3, 0.4) is 0 Å². The molecule has 5 nitrogen and oxygen atoms in total. The van der Waals surface area contributed by atoms with E-state index < -0.39 is 0 Å². The van der Waals surface area contributed by atoms with Crippen molar-refractivity contribution in [3.8, 4) is 5.75 Å². The van der Waals surface area contributed by atoms with Gasteiger partial charge in [-0.05, 0) is 29.8 Å². The lowest BCUT2D eigenvalue weighted by Crippen LogP contribution is -2.04. The summed E-state index contributed by atoms with van der Waals surface area (Å²) in [5.74, 6) is 0.415. The molecule has 0 spiro atoms. The molecule has 2 aromatic carbocycles. The number of carbonyl (C=O) groups is 1. The molecule has 2 aromatic rings. The maximum Gasteiger partial charge on any atom is 0.337 e. The first kappa shape index (κ1) is 16.5. The van der Waals surface area contributed by atoms with Gasteiger partial charge in [-0.25, -0.2) is 4.79 Å². The van der Waals surface area contributed by atoms with Crippen LogP contribution in [-0.2, 0) is 11.3 Å². The van der Waals surface area contributed by atoms with Crippen LogP contribution < -0.4 is 4.74 Å². The van der Waals surface area contributed by atoms with Crippen molar-refractivity contribution in [2.45, 2.75) is 6.61 Å².